The molecule has 0 aromatic rings. The minimum Gasteiger partial charge on any atom is -0.466 e. The van der Waals surface area contributed by atoms with Crippen molar-refractivity contribution in [3.05, 3.63) is 0 Å². The van der Waals surface area contributed by atoms with Crippen molar-refractivity contribution >= 4 is 5.97 Å². The number of carbonyl (C=O) groups excluding carboxylic acids is 1. The van der Waals surface area contributed by atoms with Gasteiger partial charge in [0.15, 0.2) is 0 Å². The van der Waals surface area contributed by atoms with E-state index in [1.54, 1.807) is 6.92 Å². The lowest BCUT2D eigenvalue weighted by molar-refractivity contribution is -0.153. The summed E-state index contributed by atoms with van der Waals surface area (Å²) < 4.78 is 10.1. The first-order valence-corrected chi connectivity index (χ1v) is 5.40. The molecule has 3 N–H and O–H groups in total. The molecule has 2 aliphatic rings. The van der Waals surface area contributed by atoms with Gasteiger partial charge in [0.05, 0.1) is 31.3 Å². The van der Waals surface area contributed by atoms with Crippen LogP contribution in [-0.2, 0) is 14.3 Å². The molecule has 0 radical (unpaired) electrons. The van der Waals surface area contributed by atoms with Crippen molar-refractivity contribution in [2.75, 3.05) is 13.2 Å². The molecule has 1 aliphatic heterocycles. The van der Waals surface area contributed by atoms with Crippen molar-refractivity contribution in [2.45, 2.75) is 31.3 Å². The summed E-state index contributed by atoms with van der Waals surface area (Å²) in [5.74, 6) is -1.33. The minimum atomic E-state index is -1.15. The van der Waals surface area contributed by atoms with Crippen LogP contribution in [0.15, 0.2) is 0 Å². The van der Waals surface area contributed by atoms with Crippen molar-refractivity contribution in [1.29, 1.82) is 0 Å². The molecule has 16 heavy (non-hydrogen) atoms. The molecule has 6 nitrogen and oxygen atoms in total. The monoisotopic (exact) mass is 232 g/mol. The first kappa shape index (κ1) is 11.8. The largest absolute Gasteiger partial charge is 0.466 e. The molecule has 1 saturated carbocycles. The van der Waals surface area contributed by atoms with Gasteiger partial charge >= 0.3 is 5.97 Å². The molecule has 0 unspecified atom stereocenters. The molecule has 0 aromatic heterocycles. The van der Waals surface area contributed by atoms with Gasteiger partial charge in [-0.15, -0.1) is 0 Å². The Kier molecular flexibility index (Phi) is 3.16. The summed E-state index contributed by atoms with van der Waals surface area (Å²) in [6.07, 6.45) is -3.44. The first-order valence-electron chi connectivity index (χ1n) is 5.40. The molecule has 1 saturated heterocycles. The van der Waals surface area contributed by atoms with Crippen molar-refractivity contribution in [1.82, 2.24) is 0 Å². The summed E-state index contributed by atoms with van der Waals surface area (Å²) >= 11 is 0. The Hall–Kier alpha value is -0.690. The molecule has 6 heteroatoms. The Morgan fingerprint density at radius 1 is 1.38 bits per heavy atom. The fraction of sp³-hybridized carbons (Fsp3) is 0.900. The lowest BCUT2D eigenvalue weighted by atomic mass is 10.0. The average Bonchev–Trinajstić information content (AvgIpc) is 2.98. The van der Waals surface area contributed by atoms with Crippen LogP contribution in [0, 0.1) is 11.8 Å². The Bertz CT molecular complexity index is 280. The number of hydrogen-bond donors (Lipinski definition) is 3. The smallest absolute Gasteiger partial charge is 0.312 e. The third-order valence-corrected chi connectivity index (χ3v) is 3.20. The van der Waals surface area contributed by atoms with E-state index in [-0.39, 0.29) is 13.2 Å². The Morgan fingerprint density at radius 3 is 2.62 bits per heavy atom. The van der Waals surface area contributed by atoms with Gasteiger partial charge in [0.1, 0.15) is 12.2 Å². The van der Waals surface area contributed by atoms with E-state index in [9.17, 15) is 15.0 Å². The highest BCUT2D eigenvalue weighted by Gasteiger charge is 2.65. The van der Waals surface area contributed by atoms with Crippen LogP contribution in [0.3, 0.4) is 0 Å². The topological polar surface area (TPSA) is 96.2 Å². The van der Waals surface area contributed by atoms with Crippen molar-refractivity contribution < 1.29 is 29.6 Å². The normalized spacial score (nSPS) is 46.0. The van der Waals surface area contributed by atoms with Gasteiger partial charge in [0, 0.05) is 5.92 Å². The van der Waals surface area contributed by atoms with Gasteiger partial charge in [-0.05, 0) is 6.92 Å². The van der Waals surface area contributed by atoms with E-state index in [0.29, 0.717) is 0 Å². The summed E-state index contributed by atoms with van der Waals surface area (Å²) in [4.78, 5) is 11.5. The molecule has 0 amide bonds. The van der Waals surface area contributed by atoms with E-state index in [0.717, 1.165) is 0 Å². The van der Waals surface area contributed by atoms with Gasteiger partial charge in [-0.2, -0.15) is 0 Å². The van der Waals surface area contributed by atoms with Gasteiger partial charge in [-0.25, -0.2) is 0 Å². The molecule has 92 valence electrons. The summed E-state index contributed by atoms with van der Waals surface area (Å²) in [5, 5.41) is 28.2. The van der Waals surface area contributed by atoms with Gasteiger partial charge in [-0.1, -0.05) is 0 Å². The quantitative estimate of drug-likeness (QED) is 0.501. The maximum Gasteiger partial charge on any atom is 0.312 e. The zero-order chi connectivity index (χ0) is 11.9. The highest BCUT2D eigenvalue weighted by atomic mass is 16.6. The fourth-order valence-corrected chi connectivity index (χ4v) is 2.30. The van der Waals surface area contributed by atoms with Crippen molar-refractivity contribution in [3.8, 4) is 0 Å². The van der Waals surface area contributed by atoms with E-state index < -0.39 is 42.2 Å². The number of aliphatic hydroxyl groups excluding tert-OH is 3. The van der Waals surface area contributed by atoms with Gasteiger partial charge in [0.25, 0.3) is 0 Å². The molecule has 0 spiro atoms. The van der Waals surface area contributed by atoms with E-state index in [2.05, 4.69) is 0 Å². The summed E-state index contributed by atoms with van der Waals surface area (Å²) in [7, 11) is 0. The fourth-order valence-electron chi connectivity index (χ4n) is 2.30. The lowest BCUT2D eigenvalue weighted by Crippen LogP contribution is -2.47. The number of fused-ring (bicyclic) bond motifs is 1. The summed E-state index contributed by atoms with van der Waals surface area (Å²) in [6, 6.07) is 0. The van der Waals surface area contributed by atoms with Gasteiger partial charge < -0.3 is 24.8 Å². The minimum absolute atomic E-state index is 0.275. The van der Waals surface area contributed by atoms with Crippen LogP contribution in [0.1, 0.15) is 6.92 Å². The maximum atomic E-state index is 11.5. The molecule has 1 heterocycles. The highest BCUT2D eigenvalue weighted by Crippen LogP contribution is 2.50. The van der Waals surface area contributed by atoms with Crippen molar-refractivity contribution in [2.24, 2.45) is 11.8 Å². The predicted octanol–water partition coefficient (Wildman–Crippen LogP) is -1.72. The van der Waals surface area contributed by atoms with Crippen LogP contribution >= 0.6 is 0 Å². The van der Waals surface area contributed by atoms with E-state index in [1.165, 1.54) is 0 Å². The first-order chi connectivity index (χ1) is 7.61. The van der Waals surface area contributed by atoms with E-state index in [4.69, 9.17) is 14.6 Å². The lowest BCUT2D eigenvalue weighted by Gasteiger charge is -2.29. The predicted molar refractivity (Wildman–Crippen MR) is 51.4 cm³/mol. The SMILES string of the molecule is CCOC(=O)[C@@H]1[C@H]2O[C@H](CO)[C@@H](O)[C@H](O)[C@H]21. The number of rotatable bonds is 3. The Morgan fingerprint density at radius 2 is 2.06 bits per heavy atom. The van der Waals surface area contributed by atoms with Crippen LogP contribution in [0.4, 0.5) is 0 Å². The van der Waals surface area contributed by atoms with E-state index >= 15 is 0 Å². The number of ether oxygens (including phenoxy) is 2. The second-order valence-corrected chi connectivity index (χ2v) is 4.16. The standard InChI is InChI=1S/C10H16O6/c1-2-15-10(14)6-5-8(13)7(12)4(3-11)16-9(5)6/h4-9,11-13H,2-3H2,1H3/t4-,5-,6+,7-,8-,9+/m1/s1. The zero-order valence-electron chi connectivity index (χ0n) is 8.94. The third-order valence-electron chi connectivity index (χ3n) is 3.20. The van der Waals surface area contributed by atoms with E-state index in [1.807, 2.05) is 0 Å². The molecular formula is C10H16O6. The molecule has 2 fully saturated rings. The van der Waals surface area contributed by atoms with Crippen molar-refractivity contribution in [3.63, 3.8) is 0 Å². The van der Waals surface area contributed by atoms with Crippen LogP contribution in [-0.4, -0.2) is 58.9 Å². The second kappa shape index (κ2) is 4.29. The molecule has 0 bridgehead atoms. The number of aliphatic hydroxyl groups is 3. The third kappa shape index (κ3) is 1.71. The van der Waals surface area contributed by atoms with Gasteiger partial charge in [-0.3, -0.25) is 4.79 Å². The maximum absolute atomic E-state index is 11.5. The molecular weight excluding hydrogens is 216 g/mol. The van der Waals surface area contributed by atoms with Crippen LogP contribution < -0.4 is 0 Å². The molecule has 0 aromatic carbocycles. The second-order valence-electron chi connectivity index (χ2n) is 4.16. The number of carbonyl (C=O) groups is 1. The van der Waals surface area contributed by atoms with Gasteiger partial charge in [0.2, 0.25) is 0 Å². The summed E-state index contributed by atoms with van der Waals surface area (Å²) in [5.41, 5.74) is 0. The van der Waals surface area contributed by atoms with Crippen LogP contribution in [0.2, 0.25) is 0 Å². The zero-order valence-corrected chi connectivity index (χ0v) is 8.94. The molecule has 6 atom stereocenters. The number of hydrogen-bond acceptors (Lipinski definition) is 6. The average molecular weight is 232 g/mol. The molecule has 2 rings (SSSR count). The van der Waals surface area contributed by atoms with Crippen LogP contribution in [0.25, 0.3) is 0 Å². The highest BCUT2D eigenvalue weighted by molar-refractivity contribution is 5.77. The molecule has 1 aliphatic carbocycles. The Labute approximate surface area is 92.8 Å². The Balaban J connectivity index is 2.02. The van der Waals surface area contributed by atoms with Crippen LogP contribution in [0.5, 0.6) is 0 Å². The number of esters is 1. The summed E-state index contributed by atoms with van der Waals surface area (Å²) in [6.45, 7) is 1.60.